The van der Waals surface area contributed by atoms with Gasteiger partial charge in [0, 0.05) is 17.7 Å². The van der Waals surface area contributed by atoms with E-state index in [0.29, 0.717) is 5.56 Å². The Bertz CT molecular complexity index is 779. The summed E-state index contributed by atoms with van der Waals surface area (Å²) in [6.45, 7) is 0. The molecule has 20 heavy (non-hydrogen) atoms. The maximum Gasteiger partial charge on any atom is 0.295 e. The number of nitrogen functional groups attached to an aromatic ring is 1. The van der Waals surface area contributed by atoms with Crippen LogP contribution in [0.2, 0.25) is 0 Å². The zero-order valence-corrected chi connectivity index (χ0v) is 9.85. The van der Waals surface area contributed by atoms with Crippen molar-refractivity contribution < 1.29 is 9.45 Å². The van der Waals surface area contributed by atoms with Crippen molar-refractivity contribution in [1.82, 2.24) is 25.3 Å². The number of nitrogens with two attached hydrogens (primary N) is 1. The number of aromatic amines is 1. The predicted molar refractivity (Wildman–Crippen MR) is 66.2 cm³/mol. The maximum absolute atomic E-state index is 10.7. The number of anilines is 1. The third-order valence-electron chi connectivity index (χ3n) is 2.45. The van der Waals surface area contributed by atoms with E-state index in [1.807, 2.05) is 0 Å². The molecule has 0 aliphatic heterocycles. The maximum atomic E-state index is 10.7. The Labute approximate surface area is 110 Å². The molecule has 0 bridgehead atoms. The molecule has 0 spiro atoms. The number of nitro groups is 1. The minimum absolute atomic E-state index is 0.0510. The zero-order chi connectivity index (χ0) is 14.1. The summed E-state index contributed by atoms with van der Waals surface area (Å²) in [6.07, 6.45) is 0. The fourth-order valence-electron chi connectivity index (χ4n) is 1.57. The Hall–Kier alpha value is -3.30. The van der Waals surface area contributed by atoms with Crippen LogP contribution in [0.5, 0.6) is 0 Å². The molecule has 0 radical (unpaired) electrons. The average Bonchev–Trinajstić information content (AvgIpc) is 3.07. The van der Waals surface area contributed by atoms with Gasteiger partial charge in [-0.25, -0.2) is 0 Å². The van der Waals surface area contributed by atoms with Crippen LogP contribution in [0.3, 0.4) is 0 Å². The first-order chi connectivity index (χ1) is 9.63. The molecule has 3 N–H and O–H groups in total. The molecule has 0 aliphatic carbocycles. The highest BCUT2D eigenvalue weighted by molar-refractivity contribution is 5.60. The number of benzene rings is 1. The van der Waals surface area contributed by atoms with Crippen LogP contribution in [-0.2, 0) is 0 Å². The van der Waals surface area contributed by atoms with Gasteiger partial charge in [0.25, 0.3) is 11.6 Å². The van der Waals surface area contributed by atoms with Gasteiger partial charge < -0.3 is 10.3 Å². The van der Waals surface area contributed by atoms with Gasteiger partial charge in [-0.05, 0) is 0 Å². The van der Waals surface area contributed by atoms with E-state index in [4.69, 9.17) is 10.3 Å². The molecule has 1 aromatic carbocycles. The highest BCUT2D eigenvalue weighted by Gasteiger charge is 2.15. The zero-order valence-electron chi connectivity index (χ0n) is 9.85. The number of aromatic nitrogens is 5. The average molecular weight is 273 g/mol. The third-order valence-corrected chi connectivity index (χ3v) is 2.45. The topological polar surface area (TPSA) is 150 Å². The van der Waals surface area contributed by atoms with Crippen LogP contribution >= 0.6 is 0 Å². The van der Waals surface area contributed by atoms with Gasteiger partial charge in [-0.2, -0.15) is 9.97 Å². The number of hydrogen-bond donors (Lipinski definition) is 2. The molecule has 0 saturated carbocycles. The van der Waals surface area contributed by atoms with E-state index in [-0.39, 0.29) is 29.2 Å². The molecule has 0 atom stereocenters. The minimum Gasteiger partial charge on any atom is -0.366 e. The van der Waals surface area contributed by atoms with E-state index in [2.05, 4.69) is 25.3 Å². The van der Waals surface area contributed by atoms with Crippen molar-refractivity contribution >= 4 is 11.6 Å². The fourth-order valence-corrected chi connectivity index (χ4v) is 1.57. The first kappa shape index (κ1) is 11.8. The molecule has 0 unspecified atom stereocenters. The van der Waals surface area contributed by atoms with Crippen LogP contribution in [0.4, 0.5) is 11.6 Å². The Morgan fingerprint density at radius 1 is 1.35 bits per heavy atom. The predicted octanol–water partition coefficient (Wildman–Crippen LogP) is 1.01. The number of non-ortho nitro benzene ring substituents is 1. The molecule has 3 aromatic rings. The summed E-state index contributed by atoms with van der Waals surface area (Å²) in [5.74, 6) is 0.580. The van der Waals surface area contributed by atoms with Crippen LogP contribution in [0.15, 0.2) is 28.8 Å². The lowest BCUT2D eigenvalue weighted by Crippen LogP contribution is -1.89. The lowest BCUT2D eigenvalue weighted by atomic mass is 10.2. The highest BCUT2D eigenvalue weighted by atomic mass is 16.6. The van der Waals surface area contributed by atoms with Gasteiger partial charge in [-0.1, -0.05) is 17.3 Å². The fraction of sp³-hybridized carbons (Fsp3) is 0. The van der Waals surface area contributed by atoms with E-state index < -0.39 is 4.92 Å². The first-order valence-corrected chi connectivity index (χ1v) is 5.40. The number of H-pyrrole nitrogens is 1. The van der Waals surface area contributed by atoms with E-state index in [9.17, 15) is 10.1 Å². The van der Waals surface area contributed by atoms with Gasteiger partial charge in [0.1, 0.15) is 0 Å². The molecular formula is C10H7N7O3. The molecule has 0 amide bonds. The van der Waals surface area contributed by atoms with Crippen molar-refractivity contribution in [3.8, 4) is 23.1 Å². The molecule has 0 saturated heterocycles. The van der Waals surface area contributed by atoms with Crippen molar-refractivity contribution in [2.75, 3.05) is 5.73 Å². The monoisotopic (exact) mass is 273 g/mol. The van der Waals surface area contributed by atoms with Crippen molar-refractivity contribution in [2.24, 2.45) is 0 Å². The van der Waals surface area contributed by atoms with E-state index in [1.54, 1.807) is 6.07 Å². The Morgan fingerprint density at radius 3 is 2.90 bits per heavy atom. The first-order valence-electron chi connectivity index (χ1n) is 5.40. The van der Waals surface area contributed by atoms with Crippen LogP contribution in [0, 0.1) is 10.1 Å². The Balaban J connectivity index is 1.98. The Kier molecular flexibility index (Phi) is 2.60. The quantitative estimate of drug-likeness (QED) is 0.530. The van der Waals surface area contributed by atoms with Gasteiger partial charge in [0.05, 0.1) is 4.92 Å². The second-order valence-electron chi connectivity index (χ2n) is 3.77. The lowest BCUT2D eigenvalue weighted by molar-refractivity contribution is -0.384. The number of nitrogens with zero attached hydrogens (tertiary/aromatic N) is 5. The molecule has 10 heteroatoms. The standard InChI is InChI=1S/C10H7N7O3/c11-10-13-8(14-15-10)9-12-7(16-20-9)5-2-1-3-6(4-5)17(18)19/h1-4H,(H3,11,13,14,15). The number of nitrogens with one attached hydrogen (secondary N) is 1. The van der Waals surface area contributed by atoms with E-state index >= 15 is 0 Å². The Morgan fingerprint density at radius 2 is 2.20 bits per heavy atom. The third kappa shape index (κ3) is 2.05. The molecule has 3 rings (SSSR count). The van der Waals surface area contributed by atoms with Gasteiger partial charge >= 0.3 is 0 Å². The van der Waals surface area contributed by atoms with Crippen LogP contribution in [-0.4, -0.2) is 30.2 Å². The lowest BCUT2D eigenvalue weighted by Gasteiger charge is -1.94. The summed E-state index contributed by atoms with van der Waals surface area (Å²) in [5, 5.41) is 20.6. The smallest absolute Gasteiger partial charge is 0.295 e. The van der Waals surface area contributed by atoms with Crippen LogP contribution in [0.1, 0.15) is 0 Å². The number of rotatable bonds is 3. The van der Waals surface area contributed by atoms with Gasteiger partial charge in [-0.15, -0.1) is 5.10 Å². The SMILES string of the molecule is Nc1n[nH]c(-c2nc(-c3cccc([N+](=O)[O-])c3)no2)n1. The molecule has 0 aliphatic rings. The molecule has 2 aromatic heterocycles. The number of hydrogen-bond acceptors (Lipinski definition) is 8. The molecule has 10 nitrogen and oxygen atoms in total. The normalized spacial score (nSPS) is 10.6. The van der Waals surface area contributed by atoms with Crippen molar-refractivity contribution in [1.29, 1.82) is 0 Å². The molecule has 100 valence electrons. The second kappa shape index (κ2) is 4.42. The molecule has 2 heterocycles. The largest absolute Gasteiger partial charge is 0.366 e. The van der Waals surface area contributed by atoms with Gasteiger partial charge in [0.15, 0.2) is 0 Å². The molecular weight excluding hydrogens is 266 g/mol. The van der Waals surface area contributed by atoms with E-state index in [0.717, 1.165) is 0 Å². The summed E-state index contributed by atoms with van der Waals surface area (Å²) in [7, 11) is 0. The van der Waals surface area contributed by atoms with Crippen LogP contribution in [0.25, 0.3) is 23.1 Å². The van der Waals surface area contributed by atoms with Crippen molar-refractivity contribution in [3.63, 3.8) is 0 Å². The van der Waals surface area contributed by atoms with Crippen molar-refractivity contribution in [3.05, 3.63) is 34.4 Å². The van der Waals surface area contributed by atoms with Gasteiger partial charge in [-0.3, -0.25) is 15.2 Å². The minimum atomic E-state index is -0.498. The highest BCUT2D eigenvalue weighted by Crippen LogP contribution is 2.23. The summed E-state index contributed by atoms with van der Waals surface area (Å²) in [6, 6.07) is 5.90. The summed E-state index contributed by atoms with van der Waals surface area (Å²) in [5.41, 5.74) is 5.77. The van der Waals surface area contributed by atoms with E-state index in [1.165, 1.54) is 18.2 Å². The number of nitro benzene ring substituents is 1. The van der Waals surface area contributed by atoms with Gasteiger partial charge in [0.2, 0.25) is 17.6 Å². The summed E-state index contributed by atoms with van der Waals surface area (Å²) in [4.78, 5) is 18.1. The van der Waals surface area contributed by atoms with Crippen LogP contribution < -0.4 is 5.73 Å². The molecule has 0 fully saturated rings. The second-order valence-corrected chi connectivity index (χ2v) is 3.77. The summed E-state index contributed by atoms with van der Waals surface area (Å²) >= 11 is 0. The summed E-state index contributed by atoms with van der Waals surface area (Å²) < 4.78 is 5.00. The van der Waals surface area contributed by atoms with Crippen molar-refractivity contribution in [2.45, 2.75) is 0 Å².